The Balaban J connectivity index is 1.56. The molecule has 5 heteroatoms. The zero-order valence-corrected chi connectivity index (χ0v) is 12.2. The number of H-pyrrole nitrogens is 1. The number of para-hydroxylation sites is 1. The van der Waals surface area contributed by atoms with E-state index >= 15 is 0 Å². The largest absolute Gasteiger partial charge is 0.346 e. The molecule has 1 aromatic carbocycles. The van der Waals surface area contributed by atoms with E-state index in [1.165, 1.54) is 19.3 Å². The van der Waals surface area contributed by atoms with Gasteiger partial charge in [-0.2, -0.15) is 5.10 Å². The summed E-state index contributed by atoms with van der Waals surface area (Å²) in [6.07, 6.45) is 4.71. The number of carbonyl (C=O) groups is 1. The third-order valence-electron chi connectivity index (χ3n) is 5.17. The highest BCUT2D eigenvalue weighted by molar-refractivity contribution is 6.04. The molecule has 2 aromatic rings. The minimum atomic E-state index is -0.0591. The summed E-state index contributed by atoms with van der Waals surface area (Å²) in [5.74, 6) is -0.0591. The Morgan fingerprint density at radius 2 is 2.10 bits per heavy atom. The molecule has 2 aliphatic heterocycles. The number of piperidine rings is 1. The van der Waals surface area contributed by atoms with Crippen molar-refractivity contribution >= 4 is 16.8 Å². The van der Waals surface area contributed by atoms with Gasteiger partial charge in [0.1, 0.15) is 0 Å². The zero-order chi connectivity index (χ0) is 14.4. The van der Waals surface area contributed by atoms with Gasteiger partial charge in [0.05, 0.1) is 5.52 Å². The number of carbonyl (C=O) groups excluding carboxylic acids is 1. The fourth-order valence-electron chi connectivity index (χ4n) is 3.98. The van der Waals surface area contributed by atoms with Crippen molar-refractivity contribution in [1.29, 1.82) is 0 Å². The van der Waals surface area contributed by atoms with Crippen LogP contribution in [0.5, 0.6) is 0 Å². The fraction of sp³-hybridized carbons (Fsp3) is 0.500. The Hall–Kier alpha value is -1.88. The van der Waals surface area contributed by atoms with Gasteiger partial charge in [-0.15, -0.1) is 0 Å². The van der Waals surface area contributed by atoms with Crippen LogP contribution in [0.25, 0.3) is 10.9 Å². The Morgan fingerprint density at radius 1 is 1.29 bits per heavy atom. The topological polar surface area (TPSA) is 61.0 Å². The molecule has 1 amide bonds. The van der Waals surface area contributed by atoms with E-state index in [1.54, 1.807) is 0 Å². The first kappa shape index (κ1) is 12.8. The van der Waals surface area contributed by atoms with Crippen molar-refractivity contribution in [3.63, 3.8) is 0 Å². The lowest BCUT2D eigenvalue weighted by Crippen LogP contribution is -2.53. The Morgan fingerprint density at radius 3 is 3.00 bits per heavy atom. The van der Waals surface area contributed by atoms with Crippen molar-refractivity contribution < 1.29 is 4.79 Å². The normalized spacial score (nSPS) is 28.9. The van der Waals surface area contributed by atoms with Gasteiger partial charge in [0.15, 0.2) is 5.69 Å². The maximum atomic E-state index is 12.6. The molecule has 3 heterocycles. The summed E-state index contributed by atoms with van der Waals surface area (Å²) >= 11 is 0. The summed E-state index contributed by atoms with van der Waals surface area (Å²) in [5, 5.41) is 11.2. The average molecular weight is 284 g/mol. The van der Waals surface area contributed by atoms with E-state index in [0.29, 0.717) is 11.7 Å². The van der Waals surface area contributed by atoms with Crippen LogP contribution in [0.3, 0.4) is 0 Å². The van der Waals surface area contributed by atoms with Gasteiger partial charge >= 0.3 is 0 Å². The third kappa shape index (κ3) is 2.03. The van der Waals surface area contributed by atoms with Gasteiger partial charge in [-0.1, -0.05) is 18.2 Å². The summed E-state index contributed by atoms with van der Waals surface area (Å²) in [5.41, 5.74) is 1.41. The van der Waals surface area contributed by atoms with Crippen molar-refractivity contribution in [1.82, 2.24) is 20.4 Å². The molecule has 2 aliphatic rings. The predicted molar refractivity (Wildman–Crippen MR) is 81.2 cm³/mol. The number of nitrogens with one attached hydrogen (secondary N) is 2. The fourth-order valence-corrected chi connectivity index (χ4v) is 3.98. The monoisotopic (exact) mass is 284 g/mol. The summed E-state index contributed by atoms with van der Waals surface area (Å²) in [7, 11) is 2.19. The van der Waals surface area contributed by atoms with Gasteiger partial charge in [-0.3, -0.25) is 14.8 Å². The van der Waals surface area contributed by atoms with Gasteiger partial charge < -0.3 is 5.32 Å². The molecule has 21 heavy (non-hydrogen) atoms. The number of fused-ring (bicyclic) bond motifs is 3. The van der Waals surface area contributed by atoms with Crippen LogP contribution in [0.4, 0.5) is 0 Å². The van der Waals surface area contributed by atoms with Gasteiger partial charge in [0.2, 0.25) is 0 Å². The summed E-state index contributed by atoms with van der Waals surface area (Å²) in [6, 6.07) is 9.20. The van der Waals surface area contributed by atoms with E-state index in [-0.39, 0.29) is 11.9 Å². The number of rotatable bonds is 2. The van der Waals surface area contributed by atoms with Crippen LogP contribution in [0.15, 0.2) is 24.3 Å². The highest BCUT2D eigenvalue weighted by Gasteiger charge is 2.40. The minimum absolute atomic E-state index is 0.0591. The number of benzene rings is 1. The maximum Gasteiger partial charge on any atom is 0.272 e. The zero-order valence-electron chi connectivity index (χ0n) is 12.2. The van der Waals surface area contributed by atoms with E-state index in [2.05, 4.69) is 27.5 Å². The first-order chi connectivity index (χ1) is 10.2. The van der Waals surface area contributed by atoms with Gasteiger partial charge in [0, 0.05) is 23.5 Å². The number of aromatic nitrogens is 2. The van der Waals surface area contributed by atoms with Crippen LogP contribution in [0.2, 0.25) is 0 Å². The molecular formula is C16H20N4O. The van der Waals surface area contributed by atoms with Gasteiger partial charge in [-0.25, -0.2) is 0 Å². The standard InChI is InChI=1S/C16H20N4O/c1-20-10-6-8-13(14(20)9-7-10)17-16(21)15-11-4-2-3-5-12(11)18-19-15/h2-5,10,13-14H,6-9H2,1H3,(H,17,21)(H,18,19)/t10-,13?,14-/m0/s1. The van der Waals surface area contributed by atoms with Crippen molar-refractivity contribution in [2.24, 2.45) is 0 Å². The summed E-state index contributed by atoms with van der Waals surface area (Å²) < 4.78 is 0. The van der Waals surface area contributed by atoms with Gasteiger partial charge in [-0.05, 0) is 38.8 Å². The second-order valence-corrected chi connectivity index (χ2v) is 6.24. The molecule has 0 aliphatic carbocycles. The molecule has 5 nitrogen and oxygen atoms in total. The van der Waals surface area contributed by atoms with Crippen LogP contribution in [0.1, 0.15) is 36.2 Å². The number of nitrogens with zero attached hydrogens (tertiary/aromatic N) is 2. The molecule has 0 saturated carbocycles. The lowest BCUT2D eigenvalue weighted by molar-refractivity contribution is 0.0852. The first-order valence-corrected chi connectivity index (χ1v) is 7.70. The van der Waals surface area contributed by atoms with E-state index in [0.717, 1.165) is 23.4 Å². The number of hydrogen-bond donors (Lipinski definition) is 2. The average Bonchev–Trinajstić information content (AvgIpc) is 3.01. The Bertz CT molecular complexity index is 680. The SMILES string of the molecule is CN1[C@H]2CCC(NC(=O)c3n[nH]c4ccccc34)[C@@H]1CC2. The summed E-state index contributed by atoms with van der Waals surface area (Å²) in [4.78, 5) is 15.0. The quantitative estimate of drug-likeness (QED) is 0.885. The number of hydrogen-bond acceptors (Lipinski definition) is 3. The number of aromatic amines is 1. The predicted octanol–water partition coefficient (Wildman–Crippen LogP) is 1.92. The molecule has 2 N–H and O–H groups in total. The molecular weight excluding hydrogens is 264 g/mol. The Labute approximate surface area is 123 Å². The highest BCUT2D eigenvalue weighted by atomic mass is 16.2. The maximum absolute atomic E-state index is 12.6. The second kappa shape index (κ2) is 4.84. The molecule has 3 atom stereocenters. The van der Waals surface area contributed by atoms with E-state index in [1.807, 2.05) is 24.3 Å². The van der Waals surface area contributed by atoms with Crippen LogP contribution in [-0.2, 0) is 0 Å². The summed E-state index contributed by atoms with van der Waals surface area (Å²) in [6.45, 7) is 0. The van der Waals surface area contributed by atoms with Crippen LogP contribution >= 0.6 is 0 Å². The molecule has 2 bridgehead atoms. The van der Waals surface area contributed by atoms with Crippen LogP contribution in [-0.4, -0.2) is 46.2 Å². The number of amides is 1. The molecule has 110 valence electrons. The molecule has 0 radical (unpaired) electrons. The smallest absolute Gasteiger partial charge is 0.272 e. The van der Waals surface area contributed by atoms with Crippen LogP contribution in [0, 0.1) is 0 Å². The van der Waals surface area contributed by atoms with Gasteiger partial charge in [0.25, 0.3) is 5.91 Å². The Kier molecular flexibility index (Phi) is 2.96. The third-order valence-corrected chi connectivity index (χ3v) is 5.17. The van der Waals surface area contributed by atoms with E-state index in [4.69, 9.17) is 0 Å². The molecule has 0 spiro atoms. The molecule has 2 saturated heterocycles. The lowest BCUT2D eigenvalue weighted by atomic mass is 9.97. The lowest BCUT2D eigenvalue weighted by Gasteiger charge is -2.37. The second-order valence-electron chi connectivity index (χ2n) is 6.24. The van der Waals surface area contributed by atoms with E-state index in [9.17, 15) is 4.79 Å². The van der Waals surface area contributed by atoms with E-state index < -0.39 is 0 Å². The molecule has 1 aromatic heterocycles. The molecule has 2 fully saturated rings. The van der Waals surface area contributed by atoms with Crippen molar-refractivity contribution in [2.75, 3.05) is 7.05 Å². The van der Waals surface area contributed by atoms with Crippen LogP contribution < -0.4 is 5.32 Å². The highest BCUT2D eigenvalue weighted by Crippen LogP contribution is 2.34. The molecule has 1 unspecified atom stereocenters. The first-order valence-electron chi connectivity index (χ1n) is 7.70. The van der Waals surface area contributed by atoms with Crippen molar-refractivity contribution in [3.8, 4) is 0 Å². The molecule has 4 rings (SSSR count). The number of likely N-dealkylation sites (N-methyl/N-ethyl adjacent to an activating group) is 1. The minimum Gasteiger partial charge on any atom is -0.346 e. The van der Waals surface area contributed by atoms with Crippen molar-refractivity contribution in [3.05, 3.63) is 30.0 Å². The van der Waals surface area contributed by atoms with Crippen molar-refractivity contribution in [2.45, 2.75) is 43.8 Å².